The van der Waals surface area contributed by atoms with Crippen molar-refractivity contribution in [2.24, 2.45) is 0 Å². The molecule has 17 heavy (non-hydrogen) atoms. The van der Waals surface area contributed by atoms with E-state index in [-0.39, 0.29) is 19.0 Å². The van der Waals surface area contributed by atoms with Gasteiger partial charge in [-0.3, -0.25) is 9.59 Å². The lowest BCUT2D eigenvalue weighted by Gasteiger charge is -1.93. The van der Waals surface area contributed by atoms with Gasteiger partial charge in [0.25, 0.3) is 0 Å². The molecule has 0 unspecified atom stereocenters. The number of hydrogen-bond donors (Lipinski definition) is 2. The zero-order valence-electron chi connectivity index (χ0n) is 10.2. The zero-order valence-corrected chi connectivity index (χ0v) is 10.2. The third kappa shape index (κ3) is 12.8. The van der Waals surface area contributed by atoms with Gasteiger partial charge in [0.05, 0.1) is 6.61 Å². The Labute approximate surface area is 102 Å². The lowest BCUT2D eigenvalue weighted by molar-refractivity contribution is -0.142. The number of rotatable bonds is 5. The summed E-state index contributed by atoms with van der Waals surface area (Å²) in [5.41, 5.74) is 0. The molecule has 1 fully saturated rings. The van der Waals surface area contributed by atoms with Crippen molar-refractivity contribution in [2.75, 3.05) is 13.2 Å². The maximum atomic E-state index is 10.5. The molecule has 1 rings (SSSR count). The minimum atomic E-state index is -0.757. The van der Waals surface area contributed by atoms with E-state index in [4.69, 9.17) is 14.9 Å². The number of carboxylic acids is 1. The van der Waals surface area contributed by atoms with Crippen LogP contribution >= 0.6 is 0 Å². The zero-order chi connectivity index (χ0) is 12.9. The van der Waals surface area contributed by atoms with Crippen molar-refractivity contribution in [3.8, 4) is 0 Å². The van der Waals surface area contributed by atoms with Gasteiger partial charge in [0.15, 0.2) is 0 Å². The van der Waals surface area contributed by atoms with Gasteiger partial charge in [0, 0.05) is 19.4 Å². The molecule has 2 N–H and O–H groups in total. The highest BCUT2D eigenvalue weighted by Gasteiger charge is 2.05. The fraction of sp³-hybridized carbons (Fsp3) is 0.833. The Bertz CT molecular complexity index is 205. The monoisotopic (exact) mass is 246 g/mol. The van der Waals surface area contributed by atoms with E-state index in [0.717, 1.165) is 25.7 Å². The summed E-state index contributed by atoms with van der Waals surface area (Å²) in [6, 6.07) is 0. The maximum Gasteiger partial charge on any atom is 0.305 e. The first-order valence-corrected chi connectivity index (χ1v) is 6.15. The van der Waals surface area contributed by atoms with Gasteiger partial charge in [0.2, 0.25) is 0 Å². The second kappa shape index (κ2) is 11.4. The highest BCUT2D eigenvalue weighted by molar-refractivity contribution is 5.69. The van der Waals surface area contributed by atoms with Gasteiger partial charge >= 0.3 is 11.9 Å². The van der Waals surface area contributed by atoms with Gasteiger partial charge < -0.3 is 14.9 Å². The molecular formula is C12H22O5. The van der Waals surface area contributed by atoms with Gasteiger partial charge in [-0.05, 0) is 32.1 Å². The average molecular weight is 246 g/mol. The highest BCUT2D eigenvalue weighted by Crippen LogP contribution is 2.06. The molecule has 0 radical (unpaired) electrons. The summed E-state index contributed by atoms with van der Waals surface area (Å²) in [5.74, 6) is -0.782. The number of aliphatic hydroxyl groups is 1. The molecule has 0 amide bonds. The third-order valence-electron chi connectivity index (χ3n) is 2.34. The number of esters is 1. The second-order valence-corrected chi connectivity index (χ2v) is 3.96. The summed E-state index contributed by atoms with van der Waals surface area (Å²) in [4.78, 5) is 20.4. The molecule has 1 saturated heterocycles. The minimum Gasteiger partial charge on any atom is -0.481 e. The molecule has 0 aromatic carbocycles. The molecule has 100 valence electrons. The van der Waals surface area contributed by atoms with Crippen LogP contribution in [0.5, 0.6) is 0 Å². The van der Waals surface area contributed by atoms with E-state index in [9.17, 15) is 9.59 Å². The van der Waals surface area contributed by atoms with Gasteiger partial charge in [-0.15, -0.1) is 0 Å². The first kappa shape index (κ1) is 15.9. The second-order valence-electron chi connectivity index (χ2n) is 3.96. The Balaban J connectivity index is 0.000000302. The van der Waals surface area contributed by atoms with Crippen molar-refractivity contribution < 1.29 is 24.5 Å². The van der Waals surface area contributed by atoms with E-state index in [1.54, 1.807) is 0 Å². The van der Waals surface area contributed by atoms with Gasteiger partial charge in [-0.25, -0.2) is 0 Å². The first-order valence-electron chi connectivity index (χ1n) is 6.15. The number of carbonyl (C=O) groups is 2. The van der Waals surface area contributed by atoms with Crippen LogP contribution in [0.2, 0.25) is 0 Å². The minimum absolute atomic E-state index is 0.0255. The molecule has 0 spiro atoms. The summed E-state index contributed by atoms with van der Waals surface area (Å²) in [7, 11) is 0. The predicted octanol–water partition coefficient (Wildman–Crippen LogP) is 1.73. The Morgan fingerprint density at radius 3 is 2.59 bits per heavy atom. The number of aliphatic hydroxyl groups excluding tert-OH is 1. The fourth-order valence-electron chi connectivity index (χ4n) is 1.37. The molecule has 0 aliphatic carbocycles. The van der Waals surface area contributed by atoms with Crippen LogP contribution in [-0.4, -0.2) is 35.4 Å². The SMILES string of the molecule is O=C(O)CCCCCO.O=C1CCCCCO1. The topological polar surface area (TPSA) is 83.8 Å². The molecule has 5 nitrogen and oxygen atoms in total. The van der Waals surface area contributed by atoms with Crippen molar-refractivity contribution in [3.63, 3.8) is 0 Å². The van der Waals surface area contributed by atoms with Crippen LogP contribution in [-0.2, 0) is 14.3 Å². The van der Waals surface area contributed by atoms with Crippen molar-refractivity contribution in [1.29, 1.82) is 0 Å². The number of carboxylic acid groups (broad SMARTS) is 1. The number of carbonyl (C=O) groups excluding carboxylic acids is 1. The van der Waals surface area contributed by atoms with Crippen molar-refractivity contribution in [1.82, 2.24) is 0 Å². The van der Waals surface area contributed by atoms with Crippen LogP contribution in [0, 0.1) is 0 Å². The largest absolute Gasteiger partial charge is 0.481 e. The van der Waals surface area contributed by atoms with Crippen LogP contribution < -0.4 is 0 Å². The van der Waals surface area contributed by atoms with Crippen molar-refractivity contribution in [3.05, 3.63) is 0 Å². The Hall–Kier alpha value is -1.10. The van der Waals surface area contributed by atoms with E-state index < -0.39 is 5.97 Å². The van der Waals surface area contributed by atoms with Crippen molar-refractivity contribution in [2.45, 2.75) is 51.4 Å². The van der Waals surface area contributed by atoms with E-state index >= 15 is 0 Å². The first-order chi connectivity index (χ1) is 8.16. The number of cyclic esters (lactones) is 1. The number of hydrogen-bond acceptors (Lipinski definition) is 4. The van der Waals surface area contributed by atoms with Crippen LogP contribution in [0.3, 0.4) is 0 Å². The summed E-state index contributed by atoms with van der Waals surface area (Å²) >= 11 is 0. The Kier molecular flexibility index (Phi) is 10.7. The van der Waals surface area contributed by atoms with Crippen LogP contribution in [0.15, 0.2) is 0 Å². The van der Waals surface area contributed by atoms with Crippen LogP contribution in [0.4, 0.5) is 0 Å². The summed E-state index contributed by atoms with van der Waals surface area (Å²) in [6.07, 6.45) is 6.25. The van der Waals surface area contributed by atoms with E-state index in [2.05, 4.69) is 0 Å². The normalized spacial score (nSPS) is 15.2. The number of aliphatic carboxylic acids is 1. The highest BCUT2D eigenvalue weighted by atomic mass is 16.5. The third-order valence-corrected chi connectivity index (χ3v) is 2.34. The van der Waals surface area contributed by atoms with Crippen molar-refractivity contribution >= 4 is 11.9 Å². The summed E-state index contributed by atoms with van der Waals surface area (Å²) < 4.78 is 4.76. The quantitative estimate of drug-likeness (QED) is 0.570. The lowest BCUT2D eigenvalue weighted by Crippen LogP contribution is -2.00. The molecule has 0 aromatic heterocycles. The molecule has 5 heteroatoms. The average Bonchev–Trinajstić information content (AvgIpc) is 2.53. The molecule has 0 aromatic rings. The lowest BCUT2D eigenvalue weighted by atomic mass is 10.2. The maximum absolute atomic E-state index is 10.5. The van der Waals surface area contributed by atoms with E-state index in [1.165, 1.54) is 0 Å². The molecule has 1 heterocycles. The van der Waals surface area contributed by atoms with Gasteiger partial charge in [-0.2, -0.15) is 0 Å². The van der Waals surface area contributed by atoms with E-state index in [1.807, 2.05) is 0 Å². The Morgan fingerprint density at radius 1 is 1.18 bits per heavy atom. The smallest absolute Gasteiger partial charge is 0.305 e. The van der Waals surface area contributed by atoms with E-state index in [0.29, 0.717) is 25.9 Å². The Morgan fingerprint density at radius 2 is 1.94 bits per heavy atom. The number of ether oxygens (including phenoxy) is 1. The van der Waals surface area contributed by atoms with Gasteiger partial charge in [-0.1, -0.05) is 6.42 Å². The van der Waals surface area contributed by atoms with Gasteiger partial charge in [0.1, 0.15) is 0 Å². The standard InChI is InChI=1S/C6H12O3.C6H10O2/c7-5-3-1-2-4-6(8)9;7-6-4-2-1-3-5-8-6/h7H,1-5H2,(H,8,9);1-5H2. The summed E-state index contributed by atoms with van der Waals surface area (Å²) in [6.45, 7) is 0.804. The predicted molar refractivity (Wildman–Crippen MR) is 62.6 cm³/mol. The molecule has 0 bridgehead atoms. The molecule has 1 aliphatic heterocycles. The fourth-order valence-corrected chi connectivity index (χ4v) is 1.37. The summed E-state index contributed by atoms with van der Waals surface area (Å²) in [5, 5.41) is 16.4. The molecular weight excluding hydrogens is 224 g/mol. The number of unbranched alkanes of at least 4 members (excludes halogenated alkanes) is 2. The van der Waals surface area contributed by atoms with Crippen LogP contribution in [0.25, 0.3) is 0 Å². The molecule has 1 aliphatic rings. The molecule has 0 atom stereocenters. The molecule has 0 saturated carbocycles. The van der Waals surface area contributed by atoms with Crippen LogP contribution in [0.1, 0.15) is 51.4 Å².